The highest BCUT2D eigenvalue weighted by molar-refractivity contribution is 5.60. The lowest BCUT2D eigenvalue weighted by Gasteiger charge is -2.15. The zero-order valence-electron chi connectivity index (χ0n) is 13.7. The van der Waals surface area contributed by atoms with Crippen molar-refractivity contribution in [2.75, 3.05) is 11.9 Å². The van der Waals surface area contributed by atoms with E-state index in [0.29, 0.717) is 0 Å². The average molecular weight is 318 g/mol. The third-order valence-corrected chi connectivity index (χ3v) is 4.50. The smallest absolute Gasteiger partial charge is 0.157 e. The van der Waals surface area contributed by atoms with E-state index < -0.39 is 0 Å². The average Bonchev–Trinajstić information content (AvgIpc) is 3.00. The molecule has 0 atom stereocenters. The van der Waals surface area contributed by atoms with Crippen LogP contribution in [0.2, 0.25) is 0 Å². The van der Waals surface area contributed by atoms with Crippen LogP contribution in [0.4, 0.5) is 11.5 Å². The maximum atomic E-state index is 4.87. The van der Waals surface area contributed by atoms with E-state index in [2.05, 4.69) is 57.8 Å². The molecule has 2 heterocycles. The molecule has 0 fully saturated rings. The fourth-order valence-electron chi connectivity index (χ4n) is 3.24. The van der Waals surface area contributed by atoms with Gasteiger partial charge in [-0.1, -0.05) is 48.5 Å². The number of fused-ring (bicyclic) bond motifs is 1. The Labute approximate surface area is 142 Å². The van der Waals surface area contributed by atoms with Gasteiger partial charge in [-0.05, 0) is 24.1 Å². The van der Waals surface area contributed by atoms with Crippen molar-refractivity contribution in [3.05, 3.63) is 77.5 Å². The number of aromatic nitrogens is 2. The molecule has 4 heteroatoms. The molecule has 0 amide bonds. The van der Waals surface area contributed by atoms with Crippen molar-refractivity contribution in [3.8, 4) is 0 Å². The molecule has 0 aliphatic carbocycles. The number of aryl methyl sites for hydroxylation is 2. The summed E-state index contributed by atoms with van der Waals surface area (Å²) in [4.78, 5) is 0. The highest BCUT2D eigenvalue weighted by Gasteiger charge is 2.20. The number of para-hydroxylation sites is 1. The number of rotatable bonds is 5. The molecule has 0 saturated carbocycles. The van der Waals surface area contributed by atoms with E-state index >= 15 is 0 Å². The van der Waals surface area contributed by atoms with Crippen molar-refractivity contribution >= 4 is 11.5 Å². The Morgan fingerprint density at radius 2 is 1.75 bits per heavy atom. The Hall–Kier alpha value is -2.59. The predicted molar refractivity (Wildman–Crippen MR) is 97.5 cm³/mol. The van der Waals surface area contributed by atoms with Gasteiger partial charge in [-0.2, -0.15) is 5.10 Å². The lowest BCUT2D eigenvalue weighted by atomic mass is 10.1. The van der Waals surface area contributed by atoms with Gasteiger partial charge in [0.2, 0.25) is 0 Å². The van der Waals surface area contributed by atoms with Crippen LogP contribution in [0.25, 0.3) is 0 Å². The Kier molecular flexibility index (Phi) is 4.30. The zero-order chi connectivity index (χ0) is 16.2. The second kappa shape index (κ2) is 6.89. The van der Waals surface area contributed by atoms with Crippen molar-refractivity contribution in [1.82, 2.24) is 15.1 Å². The molecule has 24 heavy (non-hydrogen) atoms. The van der Waals surface area contributed by atoms with E-state index in [1.54, 1.807) is 0 Å². The summed E-state index contributed by atoms with van der Waals surface area (Å²) < 4.78 is 2.19. The highest BCUT2D eigenvalue weighted by atomic mass is 15.3. The van der Waals surface area contributed by atoms with E-state index in [9.17, 15) is 0 Å². The second-order valence-electron chi connectivity index (χ2n) is 6.15. The Balaban J connectivity index is 1.58. The van der Waals surface area contributed by atoms with Crippen LogP contribution >= 0.6 is 0 Å². The van der Waals surface area contributed by atoms with Gasteiger partial charge in [0.05, 0.1) is 0 Å². The van der Waals surface area contributed by atoms with Gasteiger partial charge in [0.1, 0.15) is 0 Å². The topological polar surface area (TPSA) is 41.9 Å². The molecule has 0 unspecified atom stereocenters. The second-order valence-corrected chi connectivity index (χ2v) is 6.15. The molecular formula is C20H22N4. The van der Waals surface area contributed by atoms with Gasteiger partial charge >= 0.3 is 0 Å². The molecule has 2 aromatic carbocycles. The summed E-state index contributed by atoms with van der Waals surface area (Å²) in [5.74, 6) is 0.983. The first kappa shape index (κ1) is 15.0. The molecular weight excluding hydrogens is 296 g/mol. The molecule has 0 radical (unpaired) electrons. The van der Waals surface area contributed by atoms with E-state index in [4.69, 9.17) is 5.10 Å². The normalized spacial score (nSPS) is 13.5. The highest BCUT2D eigenvalue weighted by Crippen LogP contribution is 2.25. The fraction of sp³-hybridized carbons (Fsp3) is 0.250. The van der Waals surface area contributed by atoms with Crippen molar-refractivity contribution in [2.24, 2.45) is 0 Å². The third kappa shape index (κ3) is 3.19. The molecule has 4 nitrogen and oxygen atoms in total. The summed E-state index contributed by atoms with van der Waals surface area (Å²) in [6.45, 7) is 2.83. The molecule has 0 spiro atoms. The van der Waals surface area contributed by atoms with Gasteiger partial charge < -0.3 is 10.6 Å². The number of nitrogens with one attached hydrogen (secondary N) is 2. The zero-order valence-corrected chi connectivity index (χ0v) is 13.7. The minimum atomic E-state index is 0.885. The minimum absolute atomic E-state index is 0.885. The summed E-state index contributed by atoms with van der Waals surface area (Å²) in [5, 5.41) is 11.8. The third-order valence-electron chi connectivity index (χ3n) is 4.50. The van der Waals surface area contributed by atoms with E-state index in [1.807, 2.05) is 18.2 Å². The number of nitrogens with zero attached hydrogens (tertiary/aromatic N) is 2. The van der Waals surface area contributed by atoms with Gasteiger partial charge in [0, 0.05) is 43.0 Å². The maximum absolute atomic E-state index is 4.87. The first-order valence-corrected chi connectivity index (χ1v) is 8.55. The molecule has 4 rings (SSSR count). The van der Waals surface area contributed by atoms with Crippen LogP contribution in [0.3, 0.4) is 0 Å². The van der Waals surface area contributed by atoms with Crippen LogP contribution in [0, 0.1) is 0 Å². The molecule has 1 aliphatic rings. The van der Waals surface area contributed by atoms with Gasteiger partial charge in [0.25, 0.3) is 0 Å². The van der Waals surface area contributed by atoms with Crippen LogP contribution in [0.1, 0.15) is 16.8 Å². The van der Waals surface area contributed by atoms with Crippen LogP contribution < -0.4 is 10.6 Å². The lowest BCUT2D eigenvalue weighted by molar-refractivity contribution is 0.551. The SMILES string of the molecule is c1ccc(CCn2nc(Nc3ccccc3)c3c2CCNC3)cc1. The standard InChI is InChI=1S/C20H22N4/c1-3-7-16(8-4-1)12-14-24-19-11-13-21-15-18(19)20(23-24)22-17-9-5-2-6-10-17/h1-10,21H,11-15H2,(H,22,23). The van der Waals surface area contributed by atoms with Crippen molar-refractivity contribution in [3.63, 3.8) is 0 Å². The van der Waals surface area contributed by atoms with Crippen LogP contribution in [-0.2, 0) is 25.9 Å². The number of benzene rings is 2. The van der Waals surface area contributed by atoms with Gasteiger partial charge in [-0.3, -0.25) is 4.68 Å². The van der Waals surface area contributed by atoms with Crippen molar-refractivity contribution in [2.45, 2.75) is 25.9 Å². The Morgan fingerprint density at radius 1 is 1.00 bits per heavy atom. The molecule has 0 bridgehead atoms. The molecule has 0 saturated heterocycles. The van der Waals surface area contributed by atoms with Gasteiger partial charge in [-0.15, -0.1) is 0 Å². The largest absolute Gasteiger partial charge is 0.338 e. The molecule has 2 N–H and O–H groups in total. The quantitative estimate of drug-likeness (QED) is 0.756. The molecule has 1 aliphatic heterocycles. The van der Waals surface area contributed by atoms with Crippen LogP contribution in [0.5, 0.6) is 0 Å². The van der Waals surface area contributed by atoms with E-state index in [-0.39, 0.29) is 0 Å². The Morgan fingerprint density at radius 3 is 2.54 bits per heavy atom. The van der Waals surface area contributed by atoms with Crippen molar-refractivity contribution < 1.29 is 0 Å². The van der Waals surface area contributed by atoms with E-state index in [0.717, 1.165) is 44.0 Å². The summed E-state index contributed by atoms with van der Waals surface area (Å²) in [5.41, 5.74) is 5.10. The summed E-state index contributed by atoms with van der Waals surface area (Å²) in [6.07, 6.45) is 2.04. The van der Waals surface area contributed by atoms with Crippen molar-refractivity contribution in [1.29, 1.82) is 0 Å². The molecule has 3 aromatic rings. The minimum Gasteiger partial charge on any atom is -0.338 e. The predicted octanol–water partition coefficient (Wildman–Crippen LogP) is 3.52. The Bertz CT molecular complexity index is 793. The first-order valence-electron chi connectivity index (χ1n) is 8.55. The number of hydrogen-bond acceptors (Lipinski definition) is 3. The summed E-state index contributed by atoms with van der Waals surface area (Å²) >= 11 is 0. The summed E-state index contributed by atoms with van der Waals surface area (Å²) in [7, 11) is 0. The van der Waals surface area contributed by atoms with Crippen LogP contribution in [-0.4, -0.2) is 16.3 Å². The maximum Gasteiger partial charge on any atom is 0.157 e. The van der Waals surface area contributed by atoms with Gasteiger partial charge in [-0.25, -0.2) is 0 Å². The first-order chi connectivity index (χ1) is 11.9. The lowest BCUT2D eigenvalue weighted by Crippen LogP contribution is -2.25. The fourth-order valence-corrected chi connectivity index (χ4v) is 3.24. The van der Waals surface area contributed by atoms with Gasteiger partial charge in [0.15, 0.2) is 5.82 Å². The molecule has 1 aromatic heterocycles. The summed E-state index contributed by atoms with van der Waals surface area (Å²) in [6, 6.07) is 20.9. The monoisotopic (exact) mass is 318 g/mol. The van der Waals surface area contributed by atoms with E-state index in [1.165, 1.54) is 16.8 Å². The molecule has 122 valence electrons. The number of anilines is 2. The number of hydrogen-bond donors (Lipinski definition) is 2. The van der Waals surface area contributed by atoms with Crippen LogP contribution in [0.15, 0.2) is 60.7 Å².